The summed E-state index contributed by atoms with van der Waals surface area (Å²) in [6.45, 7) is 15.0. The third kappa shape index (κ3) is 5.71. The van der Waals surface area contributed by atoms with Crippen LogP contribution in [-0.4, -0.2) is 12.6 Å². The standard InChI is InChI=1S/C35H41NSi/c1-27(2)37(28(3)4,29(5)6)26-24-31(23-22-30-15-8-7-9-16-30)17-14-25-36-34-20-12-10-18-32(34)33-19-11-13-21-35(33)36/h7-13,15-16,18-21,27-29,31H,22-23,25H2,1-6H3/t31-/m1/s1. The molecule has 0 saturated heterocycles. The minimum absolute atomic E-state index is 0.0800. The summed E-state index contributed by atoms with van der Waals surface area (Å²) in [4.78, 5) is 0. The molecule has 2 heteroatoms. The summed E-state index contributed by atoms with van der Waals surface area (Å²) in [7, 11) is -1.80. The first-order valence-corrected chi connectivity index (χ1v) is 16.1. The normalized spacial score (nSPS) is 12.6. The number of hydrogen-bond donors (Lipinski definition) is 0. The zero-order valence-corrected chi connectivity index (χ0v) is 24.4. The van der Waals surface area contributed by atoms with Crippen molar-refractivity contribution in [3.8, 4) is 23.3 Å². The molecule has 1 atom stereocenters. The fourth-order valence-electron chi connectivity index (χ4n) is 6.20. The Kier molecular flexibility index (Phi) is 8.63. The quantitative estimate of drug-likeness (QED) is 0.175. The van der Waals surface area contributed by atoms with Gasteiger partial charge in [-0.05, 0) is 47.2 Å². The van der Waals surface area contributed by atoms with E-state index in [1.165, 1.54) is 27.4 Å². The molecule has 190 valence electrons. The van der Waals surface area contributed by atoms with Crippen molar-refractivity contribution in [3.05, 3.63) is 84.4 Å². The number of fused-ring (bicyclic) bond motifs is 3. The van der Waals surface area contributed by atoms with Gasteiger partial charge in [-0.25, -0.2) is 0 Å². The molecule has 4 rings (SSSR count). The van der Waals surface area contributed by atoms with Crippen LogP contribution in [0.5, 0.6) is 0 Å². The van der Waals surface area contributed by atoms with Crippen LogP contribution in [0.2, 0.25) is 16.6 Å². The molecule has 0 bridgehead atoms. The molecule has 0 aliphatic rings. The molecule has 0 radical (unpaired) electrons. The molecule has 0 aliphatic carbocycles. The molecule has 0 fully saturated rings. The third-order valence-corrected chi connectivity index (χ3v) is 14.4. The second-order valence-corrected chi connectivity index (χ2v) is 16.8. The lowest BCUT2D eigenvalue weighted by atomic mass is 10.0. The van der Waals surface area contributed by atoms with Gasteiger partial charge in [0.05, 0.1) is 12.5 Å². The minimum Gasteiger partial charge on any atom is -0.329 e. The van der Waals surface area contributed by atoms with E-state index in [2.05, 4.69) is 148 Å². The lowest BCUT2D eigenvalue weighted by molar-refractivity contribution is 0.745. The fourth-order valence-corrected chi connectivity index (χ4v) is 11.5. The van der Waals surface area contributed by atoms with E-state index < -0.39 is 8.07 Å². The van der Waals surface area contributed by atoms with Gasteiger partial charge in [-0.1, -0.05) is 126 Å². The molecule has 0 N–H and O–H groups in total. The van der Waals surface area contributed by atoms with Gasteiger partial charge in [0.2, 0.25) is 0 Å². The monoisotopic (exact) mass is 503 g/mol. The van der Waals surface area contributed by atoms with Crippen molar-refractivity contribution in [2.24, 2.45) is 5.92 Å². The smallest absolute Gasteiger partial charge is 0.146 e. The second-order valence-electron chi connectivity index (χ2n) is 11.2. The summed E-state index contributed by atoms with van der Waals surface area (Å²) < 4.78 is 2.36. The molecule has 4 aromatic rings. The first kappa shape index (κ1) is 26.8. The zero-order chi connectivity index (χ0) is 26.4. The Morgan fingerprint density at radius 1 is 0.649 bits per heavy atom. The van der Waals surface area contributed by atoms with Crippen LogP contribution in [0.3, 0.4) is 0 Å². The van der Waals surface area contributed by atoms with E-state index >= 15 is 0 Å². The van der Waals surface area contributed by atoms with Gasteiger partial charge in [0.15, 0.2) is 0 Å². The van der Waals surface area contributed by atoms with Crippen molar-refractivity contribution in [2.75, 3.05) is 0 Å². The average Bonchev–Trinajstić information content (AvgIpc) is 3.21. The van der Waals surface area contributed by atoms with Gasteiger partial charge in [0.25, 0.3) is 0 Å². The van der Waals surface area contributed by atoms with Crippen LogP contribution in [0.25, 0.3) is 21.8 Å². The van der Waals surface area contributed by atoms with Crippen LogP contribution < -0.4 is 0 Å². The molecule has 1 aromatic heterocycles. The Morgan fingerprint density at radius 3 is 1.70 bits per heavy atom. The average molecular weight is 504 g/mol. The van der Waals surface area contributed by atoms with Crippen LogP contribution in [0.4, 0.5) is 0 Å². The molecule has 0 saturated carbocycles. The van der Waals surface area contributed by atoms with Crippen molar-refractivity contribution in [2.45, 2.75) is 77.6 Å². The molecule has 0 aliphatic heterocycles. The highest BCUT2D eigenvalue weighted by Crippen LogP contribution is 2.40. The van der Waals surface area contributed by atoms with E-state index in [0.29, 0.717) is 23.2 Å². The number of aromatic nitrogens is 1. The number of nitrogens with zero attached hydrogens (tertiary/aromatic N) is 1. The van der Waals surface area contributed by atoms with Gasteiger partial charge >= 0.3 is 0 Å². The van der Waals surface area contributed by atoms with E-state index in [0.717, 1.165) is 12.8 Å². The number of hydrogen-bond acceptors (Lipinski definition) is 0. The number of rotatable bonds is 7. The van der Waals surface area contributed by atoms with Gasteiger partial charge in [0.1, 0.15) is 8.07 Å². The largest absolute Gasteiger partial charge is 0.329 e. The Balaban J connectivity index is 1.68. The highest BCUT2D eigenvalue weighted by atomic mass is 28.3. The molecule has 37 heavy (non-hydrogen) atoms. The zero-order valence-electron chi connectivity index (χ0n) is 23.4. The molecule has 1 heterocycles. The van der Waals surface area contributed by atoms with Crippen molar-refractivity contribution >= 4 is 29.9 Å². The van der Waals surface area contributed by atoms with Crippen LogP contribution in [0, 0.1) is 29.2 Å². The van der Waals surface area contributed by atoms with Crippen LogP contribution >= 0.6 is 0 Å². The lowest BCUT2D eigenvalue weighted by Crippen LogP contribution is -2.43. The summed E-state index contributed by atoms with van der Waals surface area (Å²) in [6, 6.07) is 28.1. The van der Waals surface area contributed by atoms with Crippen molar-refractivity contribution in [3.63, 3.8) is 0 Å². The van der Waals surface area contributed by atoms with E-state index in [4.69, 9.17) is 0 Å². The molecular weight excluding hydrogens is 462 g/mol. The third-order valence-electron chi connectivity index (χ3n) is 8.09. The SMILES string of the molecule is CC(C)[Si](C#C[C@H](C#CCn1c2ccccc2c2ccccc21)CCc1ccccc1)(C(C)C)C(C)C. The topological polar surface area (TPSA) is 4.93 Å². The minimum atomic E-state index is -1.80. The van der Waals surface area contributed by atoms with E-state index in [-0.39, 0.29) is 5.92 Å². The van der Waals surface area contributed by atoms with Crippen LogP contribution in [-0.2, 0) is 13.0 Å². The van der Waals surface area contributed by atoms with Gasteiger partial charge in [-0.3, -0.25) is 0 Å². The predicted octanol–water partition coefficient (Wildman–Crippen LogP) is 9.27. The number of benzene rings is 3. The highest BCUT2D eigenvalue weighted by Gasteiger charge is 2.41. The van der Waals surface area contributed by atoms with E-state index in [9.17, 15) is 0 Å². The molecular formula is C35H41NSi. The summed E-state index contributed by atoms with van der Waals surface area (Å²) >= 11 is 0. The summed E-state index contributed by atoms with van der Waals surface area (Å²) in [5.41, 5.74) is 9.68. The Morgan fingerprint density at radius 2 is 1.16 bits per heavy atom. The van der Waals surface area contributed by atoms with Gasteiger partial charge in [-0.2, -0.15) is 0 Å². The molecule has 0 amide bonds. The maximum absolute atomic E-state index is 3.95. The van der Waals surface area contributed by atoms with E-state index in [1.54, 1.807) is 0 Å². The fraction of sp³-hybridized carbons (Fsp3) is 0.371. The Labute approximate surface area is 225 Å². The molecule has 3 aromatic carbocycles. The number of aryl methyl sites for hydroxylation is 1. The molecule has 1 nitrogen and oxygen atoms in total. The predicted molar refractivity (Wildman–Crippen MR) is 164 cm³/mol. The molecule has 0 spiro atoms. The summed E-state index contributed by atoms with van der Waals surface area (Å²) in [6.07, 6.45) is 1.97. The maximum atomic E-state index is 3.95. The van der Waals surface area contributed by atoms with Gasteiger partial charge in [0, 0.05) is 21.8 Å². The van der Waals surface area contributed by atoms with E-state index in [1.807, 2.05) is 0 Å². The first-order chi connectivity index (χ1) is 17.8. The van der Waals surface area contributed by atoms with Gasteiger partial charge in [-0.15, -0.1) is 5.54 Å². The van der Waals surface area contributed by atoms with Gasteiger partial charge < -0.3 is 4.57 Å². The van der Waals surface area contributed by atoms with Crippen molar-refractivity contribution < 1.29 is 0 Å². The van der Waals surface area contributed by atoms with Crippen molar-refractivity contribution in [1.29, 1.82) is 0 Å². The molecule has 0 unspecified atom stereocenters. The van der Waals surface area contributed by atoms with Crippen LogP contribution in [0.1, 0.15) is 53.5 Å². The lowest BCUT2D eigenvalue weighted by Gasteiger charge is -2.38. The Bertz CT molecular complexity index is 1380. The summed E-state index contributed by atoms with van der Waals surface area (Å²) in [5, 5.41) is 2.59. The number of para-hydroxylation sites is 2. The van der Waals surface area contributed by atoms with Crippen LogP contribution in [0.15, 0.2) is 78.9 Å². The first-order valence-electron chi connectivity index (χ1n) is 13.9. The van der Waals surface area contributed by atoms with Crippen molar-refractivity contribution in [1.82, 2.24) is 4.57 Å². The Hall–Kier alpha value is -3.20. The highest BCUT2D eigenvalue weighted by molar-refractivity contribution is 6.90. The second kappa shape index (κ2) is 11.9. The maximum Gasteiger partial charge on any atom is 0.146 e. The summed E-state index contributed by atoms with van der Waals surface area (Å²) in [5.74, 6) is 11.0.